The molecule has 534 valence electrons. The number of nitrogens with zero attached hydrogens (tertiary/aromatic N) is 3. The molecule has 4 heteroatoms. The van der Waals surface area contributed by atoms with E-state index in [1.54, 1.807) is 0 Å². The zero-order valence-corrected chi connectivity index (χ0v) is 66.1. The van der Waals surface area contributed by atoms with Gasteiger partial charge in [0.25, 0.3) is 6.71 Å². The maximum atomic E-state index is 2.80. The van der Waals surface area contributed by atoms with Gasteiger partial charge in [-0.05, 0) is 227 Å². The average molecular weight is 1420 g/mol. The molecule has 6 aliphatic rings. The Kier molecular flexibility index (Phi) is 13.7. The Balaban J connectivity index is 0.941. The normalized spacial score (nSPS) is 15.0. The number of benzene rings is 14. The molecule has 0 fully saturated rings. The van der Waals surface area contributed by atoms with Crippen molar-refractivity contribution in [1.29, 1.82) is 0 Å². The standard InChI is InChI=1S/C106H92BN3/c1-100(2,3)65-47-52-89-79(59-65)80-60-66(101(4,5)6)48-53-90(80)108(89)70-49-51-88-94(62-70)110(92-45-29-37-78-76-35-21-27-43-86(76)106(98(78)92)83-40-24-18-32-73(83)74-33-19-25-41-84(74)106)96-57-64(63-54-68(103(10,11)12)58-69(55-63)104(13,14)15)56-95-99(96)107(88)87-50-46-67(102(7,8)9)61-93(87)109(95)91-44-28-36-77-75-34-20-26-42-85(75)105(97(77)91)81-38-22-16-30-71(81)72-31-17-23-39-82(72)105/h16-62H,1-15H3. The first-order chi connectivity index (χ1) is 52.7. The van der Waals surface area contributed by atoms with E-state index in [0.717, 1.165) is 5.69 Å². The highest BCUT2D eigenvalue weighted by molar-refractivity contribution is 7.00. The second kappa shape index (κ2) is 22.6. The number of fused-ring (bicyclic) bond motifs is 27. The first-order valence-corrected chi connectivity index (χ1v) is 39.9. The molecule has 2 aliphatic heterocycles. The van der Waals surface area contributed by atoms with Crippen molar-refractivity contribution in [2.24, 2.45) is 0 Å². The van der Waals surface area contributed by atoms with Gasteiger partial charge in [0.15, 0.2) is 0 Å². The Morgan fingerprint density at radius 3 is 0.945 bits per heavy atom. The van der Waals surface area contributed by atoms with E-state index in [4.69, 9.17) is 0 Å². The van der Waals surface area contributed by atoms with E-state index in [2.05, 4.69) is 403 Å². The second-order valence-electron chi connectivity index (χ2n) is 37.6. The smallest absolute Gasteiger partial charge is 0.252 e. The minimum atomic E-state index is -0.684. The fraction of sp³-hybridized carbons (Fsp3) is 0.208. The largest absolute Gasteiger partial charge is 0.311 e. The van der Waals surface area contributed by atoms with Crippen LogP contribution in [0.2, 0.25) is 0 Å². The van der Waals surface area contributed by atoms with Crippen LogP contribution in [-0.4, -0.2) is 11.3 Å². The van der Waals surface area contributed by atoms with Gasteiger partial charge in [0.2, 0.25) is 0 Å². The van der Waals surface area contributed by atoms with Crippen molar-refractivity contribution < 1.29 is 0 Å². The summed E-state index contributed by atoms with van der Waals surface area (Å²) in [4.78, 5) is 5.60. The first kappa shape index (κ1) is 66.7. The van der Waals surface area contributed by atoms with Crippen LogP contribution < -0.4 is 26.2 Å². The number of rotatable bonds is 4. The van der Waals surface area contributed by atoms with E-state index < -0.39 is 10.8 Å². The van der Waals surface area contributed by atoms with E-state index in [0.29, 0.717) is 0 Å². The van der Waals surface area contributed by atoms with Crippen LogP contribution in [0.4, 0.5) is 34.1 Å². The van der Waals surface area contributed by atoms with Crippen LogP contribution in [0.5, 0.6) is 0 Å². The van der Waals surface area contributed by atoms with Crippen molar-refractivity contribution in [3.8, 4) is 61.3 Å². The molecule has 15 aromatic rings. The van der Waals surface area contributed by atoms with E-state index in [1.165, 1.54) is 200 Å². The summed E-state index contributed by atoms with van der Waals surface area (Å²) in [5.41, 5.74) is 42.3. The summed E-state index contributed by atoms with van der Waals surface area (Å²) in [7, 11) is 0. The minimum absolute atomic E-state index is 0.0583. The lowest BCUT2D eigenvalue weighted by atomic mass is 9.33. The third kappa shape index (κ3) is 9.02. The van der Waals surface area contributed by atoms with Crippen LogP contribution in [-0.2, 0) is 37.9 Å². The minimum Gasteiger partial charge on any atom is -0.311 e. The zero-order valence-electron chi connectivity index (χ0n) is 66.1. The SMILES string of the molecule is CC(C)(C)c1cc(-c2cc3c4c(c2)N(c2cccc5c2C2(c6ccccc6-c6ccccc62)c2ccccc2-5)c2cc(C(C)(C)C)ccc2B4c2ccc(-n4c5ccc(C(C)(C)C)cc5c5cc(C(C)(C)C)ccc54)cc2N3c2cccc3c2C2(c4ccccc4-c4ccccc42)c2ccccc2-3)cc(C(C)(C)C)c1. The summed E-state index contributed by atoms with van der Waals surface area (Å²) in [5.74, 6) is 0. The van der Waals surface area contributed by atoms with Crippen molar-refractivity contribution in [3.05, 3.63) is 357 Å². The monoisotopic (exact) mass is 1420 g/mol. The van der Waals surface area contributed by atoms with Gasteiger partial charge in [-0.25, -0.2) is 0 Å². The summed E-state index contributed by atoms with van der Waals surface area (Å²) in [6, 6.07) is 113. The molecular weight excluding hydrogens is 1330 g/mol. The molecule has 0 bridgehead atoms. The van der Waals surface area contributed by atoms with Crippen LogP contribution in [0.3, 0.4) is 0 Å². The van der Waals surface area contributed by atoms with Gasteiger partial charge >= 0.3 is 0 Å². The molecule has 0 N–H and O–H groups in total. The lowest BCUT2D eigenvalue weighted by molar-refractivity contribution is 0.569. The van der Waals surface area contributed by atoms with Gasteiger partial charge in [0, 0.05) is 50.3 Å². The average Bonchev–Trinajstić information content (AvgIpc) is 1.47. The Morgan fingerprint density at radius 1 is 0.245 bits per heavy atom. The van der Waals surface area contributed by atoms with Gasteiger partial charge in [-0.1, -0.05) is 322 Å². The van der Waals surface area contributed by atoms with Gasteiger partial charge in [0.1, 0.15) is 0 Å². The van der Waals surface area contributed by atoms with Crippen molar-refractivity contribution in [2.75, 3.05) is 9.80 Å². The summed E-state index contributed by atoms with van der Waals surface area (Å²) < 4.78 is 2.59. The molecule has 0 saturated heterocycles. The Morgan fingerprint density at radius 2 is 0.564 bits per heavy atom. The molecule has 0 amide bonds. The summed E-state index contributed by atoms with van der Waals surface area (Å²) in [6.07, 6.45) is 0. The molecule has 0 atom stereocenters. The molecule has 3 heterocycles. The van der Waals surface area contributed by atoms with Crippen molar-refractivity contribution in [2.45, 2.75) is 142 Å². The molecular formula is C106H92BN3. The molecule has 3 nitrogen and oxygen atoms in total. The number of hydrogen-bond donors (Lipinski definition) is 0. The summed E-state index contributed by atoms with van der Waals surface area (Å²) in [5, 5.41) is 2.55. The third-order valence-electron chi connectivity index (χ3n) is 26.1. The summed E-state index contributed by atoms with van der Waals surface area (Å²) in [6.45, 7) is 35.4. The van der Waals surface area contributed by atoms with Gasteiger partial charge in [-0.3, -0.25) is 0 Å². The predicted molar refractivity (Wildman–Crippen MR) is 466 cm³/mol. The first-order valence-electron chi connectivity index (χ1n) is 39.9. The second-order valence-corrected chi connectivity index (χ2v) is 37.6. The van der Waals surface area contributed by atoms with E-state index >= 15 is 0 Å². The maximum Gasteiger partial charge on any atom is 0.252 e. The Labute approximate surface area is 649 Å². The molecule has 1 aromatic heterocycles. The van der Waals surface area contributed by atoms with Crippen molar-refractivity contribution >= 4 is 79.0 Å². The molecule has 0 radical (unpaired) electrons. The third-order valence-corrected chi connectivity index (χ3v) is 26.1. The van der Waals surface area contributed by atoms with Crippen molar-refractivity contribution in [1.82, 2.24) is 4.57 Å². The van der Waals surface area contributed by atoms with Crippen LogP contribution >= 0.6 is 0 Å². The van der Waals surface area contributed by atoms with E-state index in [1.807, 2.05) is 0 Å². The van der Waals surface area contributed by atoms with Crippen LogP contribution in [0.1, 0.15) is 176 Å². The highest BCUT2D eigenvalue weighted by Crippen LogP contribution is 2.68. The maximum absolute atomic E-state index is 2.80. The fourth-order valence-corrected chi connectivity index (χ4v) is 20.8. The highest BCUT2D eigenvalue weighted by Gasteiger charge is 2.57. The lowest BCUT2D eigenvalue weighted by Crippen LogP contribution is -2.61. The van der Waals surface area contributed by atoms with Gasteiger partial charge in [0.05, 0.1) is 33.2 Å². The van der Waals surface area contributed by atoms with Gasteiger partial charge in [-0.2, -0.15) is 0 Å². The molecule has 0 saturated carbocycles. The van der Waals surface area contributed by atoms with Gasteiger partial charge in [-0.15, -0.1) is 0 Å². The molecule has 14 aromatic carbocycles. The lowest BCUT2D eigenvalue weighted by Gasteiger charge is -2.47. The molecule has 21 rings (SSSR count). The molecule has 4 aliphatic carbocycles. The topological polar surface area (TPSA) is 11.4 Å². The molecule has 2 spiro atoms. The quantitative estimate of drug-likeness (QED) is 0.163. The van der Waals surface area contributed by atoms with Crippen LogP contribution in [0.25, 0.3) is 83.1 Å². The van der Waals surface area contributed by atoms with E-state index in [-0.39, 0.29) is 33.8 Å². The van der Waals surface area contributed by atoms with Crippen LogP contribution in [0.15, 0.2) is 285 Å². The van der Waals surface area contributed by atoms with Gasteiger partial charge < -0.3 is 14.4 Å². The number of aromatic nitrogens is 1. The van der Waals surface area contributed by atoms with Crippen molar-refractivity contribution in [3.63, 3.8) is 0 Å². The van der Waals surface area contributed by atoms with E-state index in [9.17, 15) is 0 Å². The summed E-state index contributed by atoms with van der Waals surface area (Å²) >= 11 is 0. The molecule has 110 heavy (non-hydrogen) atoms. The van der Waals surface area contributed by atoms with Crippen LogP contribution in [0, 0.1) is 0 Å². The Bertz CT molecular complexity index is 6300. The predicted octanol–water partition coefficient (Wildman–Crippen LogP) is 25.7. The Hall–Kier alpha value is -11.5. The number of hydrogen-bond acceptors (Lipinski definition) is 2. The number of anilines is 6. The highest BCUT2D eigenvalue weighted by atomic mass is 15.2. The fourth-order valence-electron chi connectivity index (χ4n) is 20.8. The zero-order chi connectivity index (χ0) is 75.4. The molecule has 0 unspecified atom stereocenters.